The second kappa shape index (κ2) is 5.59. The van der Waals surface area contributed by atoms with Crippen LogP contribution in [0.1, 0.15) is 22.4 Å². The van der Waals surface area contributed by atoms with Crippen molar-refractivity contribution in [2.45, 2.75) is 25.0 Å². The number of carboxylic acids is 1. The quantitative estimate of drug-likeness (QED) is 0.633. The second-order valence-corrected chi connectivity index (χ2v) is 6.88. The van der Waals surface area contributed by atoms with Crippen molar-refractivity contribution in [3.63, 3.8) is 0 Å². The molecule has 2 aliphatic rings. The first kappa shape index (κ1) is 15.4. The number of fused-ring (bicyclic) bond motifs is 4. The topological polar surface area (TPSA) is 83.6 Å². The molecule has 0 bridgehead atoms. The molecule has 1 aromatic heterocycles. The summed E-state index contributed by atoms with van der Waals surface area (Å²) in [4.78, 5) is 25.9. The van der Waals surface area contributed by atoms with Gasteiger partial charge in [0, 0.05) is 29.4 Å². The smallest absolute Gasteiger partial charge is 0.330 e. The Morgan fingerprint density at radius 2 is 2.12 bits per heavy atom. The Balaban J connectivity index is 1.64. The van der Waals surface area contributed by atoms with E-state index in [1.165, 1.54) is 0 Å². The highest BCUT2D eigenvalue weighted by atomic mass is 17.2. The van der Waals surface area contributed by atoms with Gasteiger partial charge < -0.3 is 15.0 Å². The SMILES string of the molecule is O=C(O)C1(Cc2ccc3c(c2)COO3)NCCc2c1[nH]c1ccccc21. The summed E-state index contributed by atoms with van der Waals surface area (Å²) in [6.45, 7) is 1.01. The third kappa shape index (κ3) is 2.16. The van der Waals surface area contributed by atoms with Crippen LogP contribution in [0.2, 0.25) is 0 Å². The Labute approximate surface area is 149 Å². The van der Waals surface area contributed by atoms with E-state index in [4.69, 9.17) is 9.78 Å². The zero-order valence-electron chi connectivity index (χ0n) is 14.0. The lowest BCUT2D eigenvalue weighted by atomic mass is 9.81. The Morgan fingerprint density at radius 3 is 3.00 bits per heavy atom. The van der Waals surface area contributed by atoms with Crippen molar-refractivity contribution in [1.82, 2.24) is 10.3 Å². The molecule has 0 saturated heterocycles. The maximum atomic E-state index is 12.4. The number of nitrogens with one attached hydrogen (secondary N) is 2. The molecule has 0 saturated carbocycles. The third-order valence-electron chi connectivity index (χ3n) is 5.36. The molecule has 1 atom stereocenters. The molecule has 0 amide bonds. The van der Waals surface area contributed by atoms with Gasteiger partial charge in [0.1, 0.15) is 6.61 Å². The molecule has 5 rings (SSSR count). The highest BCUT2D eigenvalue weighted by Crippen LogP contribution is 2.37. The number of aromatic nitrogens is 1. The fourth-order valence-electron chi connectivity index (χ4n) is 4.12. The van der Waals surface area contributed by atoms with Gasteiger partial charge in [-0.3, -0.25) is 5.32 Å². The van der Waals surface area contributed by atoms with Gasteiger partial charge in [0.2, 0.25) is 0 Å². The minimum absolute atomic E-state index is 0.343. The highest BCUT2D eigenvalue weighted by Gasteiger charge is 2.45. The molecule has 0 fully saturated rings. The van der Waals surface area contributed by atoms with E-state index < -0.39 is 11.5 Å². The van der Waals surface area contributed by atoms with Crippen LogP contribution in [0.4, 0.5) is 0 Å². The highest BCUT2D eigenvalue weighted by molar-refractivity contribution is 5.90. The predicted molar refractivity (Wildman–Crippen MR) is 94.9 cm³/mol. The molecule has 6 nitrogen and oxygen atoms in total. The van der Waals surface area contributed by atoms with Gasteiger partial charge in [-0.1, -0.05) is 24.3 Å². The summed E-state index contributed by atoms with van der Waals surface area (Å²) in [6, 6.07) is 13.7. The number of hydrogen-bond donors (Lipinski definition) is 3. The fourth-order valence-corrected chi connectivity index (χ4v) is 4.12. The summed E-state index contributed by atoms with van der Waals surface area (Å²) in [5.41, 5.74) is 3.51. The number of H-pyrrole nitrogens is 1. The van der Waals surface area contributed by atoms with Gasteiger partial charge >= 0.3 is 5.97 Å². The molecule has 3 aromatic rings. The maximum absolute atomic E-state index is 12.4. The van der Waals surface area contributed by atoms with Crippen LogP contribution < -0.4 is 10.2 Å². The molecular weight excluding hydrogens is 332 g/mol. The predicted octanol–water partition coefficient (Wildman–Crippen LogP) is 2.66. The zero-order chi connectivity index (χ0) is 17.7. The Morgan fingerprint density at radius 1 is 1.23 bits per heavy atom. The van der Waals surface area contributed by atoms with E-state index in [9.17, 15) is 9.90 Å². The van der Waals surface area contributed by atoms with Crippen LogP contribution in [-0.2, 0) is 34.7 Å². The first-order valence-corrected chi connectivity index (χ1v) is 8.67. The van der Waals surface area contributed by atoms with Crippen molar-refractivity contribution < 1.29 is 19.7 Å². The van der Waals surface area contributed by atoms with Gasteiger partial charge in [-0.2, -0.15) is 4.89 Å². The Kier molecular flexibility index (Phi) is 3.32. The van der Waals surface area contributed by atoms with Crippen molar-refractivity contribution >= 4 is 16.9 Å². The van der Waals surface area contributed by atoms with E-state index in [2.05, 4.69) is 10.3 Å². The summed E-state index contributed by atoms with van der Waals surface area (Å²) < 4.78 is 0. The van der Waals surface area contributed by atoms with Gasteiger partial charge in [-0.25, -0.2) is 4.79 Å². The number of aromatic amines is 1. The number of hydrogen-bond acceptors (Lipinski definition) is 4. The normalized spacial score (nSPS) is 21.2. The van der Waals surface area contributed by atoms with Crippen LogP contribution in [-0.4, -0.2) is 22.6 Å². The summed E-state index contributed by atoms with van der Waals surface area (Å²) in [6.07, 6.45) is 1.15. The van der Waals surface area contributed by atoms with Crippen LogP contribution in [0.5, 0.6) is 5.75 Å². The number of rotatable bonds is 3. The Bertz CT molecular complexity index is 1030. The number of carbonyl (C=O) groups is 1. The van der Waals surface area contributed by atoms with Gasteiger partial charge in [0.25, 0.3) is 0 Å². The van der Waals surface area contributed by atoms with Crippen molar-refractivity contribution in [3.05, 3.63) is 64.8 Å². The first-order chi connectivity index (χ1) is 12.7. The number of para-hydroxylation sites is 1. The monoisotopic (exact) mass is 350 g/mol. The zero-order valence-corrected chi connectivity index (χ0v) is 14.0. The number of carboxylic acid groups (broad SMARTS) is 1. The molecule has 2 aliphatic heterocycles. The van der Waals surface area contributed by atoms with E-state index >= 15 is 0 Å². The number of benzene rings is 2. The summed E-state index contributed by atoms with van der Waals surface area (Å²) in [5.74, 6) is -0.181. The van der Waals surface area contributed by atoms with Gasteiger partial charge in [0.15, 0.2) is 11.3 Å². The second-order valence-electron chi connectivity index (χ2n) is 6.88. The third-order valence-corrected chi connectivity index (χ3v) is 5.36. The number of aliphatic carboxylic acids is 1. The summed E-state index contributed by atoms with van der Waals surface area (Å²) in [7, 11) is 0. The van der Waals surface area contributed by atoms with Crippen molar-refractivity contribution in [1.29, 1.82) is 0 Å². The van der Waals surface area contributed by atoms with Crippen molar-refractivity contribution in [2.75, 3.05) is 6.54 Å². The van der Waals surface area contributed by atoms with Crippen molar-refractivity contribution in [2.24, 2.45) is 0 Å². The van der Waals surface area contributed by atoms with Gasteiger partial charge in [-0.15, -0.1) is 0 Å². The molecule has 1 unspecified atom stereocenters. The molecule has 0 spiro atoms. The molecule has 26 heavy (non-hydrogen) atoms. The molecule has 132 valence electrons. The minimum atomic E-state index is -1.18. The minimum Gasteiger partial charge on any atom is -0.480 e. The van der Waals surface area contributed by atoms with Crippen molar-refractivity contribution in [3.8, 4) is 5.75 Å². The molecular formula is C20H18N2O4. The Hall–Kier alpha value is -2.83. The molecule has 0 radical (unpaired) electrons. The van der Waals surface area contributed by atoms with Gasteiger partial charge in [-0.05, 0) is 35.7 Å². The van der Waals surface area contributed by atoms with Crippen LogP contribution in [0.3, 0.4) is 0 Å². The average molecular weight is 350 g/mol. The van der Waals surface area contributed by atoms with E-state index in [-0.39, 0.29) is 0 Å². The molecule has 6 heteroatoms. The standard InChI is InChI=1S/C20H18N2O4/c23-19(24)20(10-12-5-6-17-13(9-12)11-25-26-17)18-15(7-8-21-20)14-3-1-2-4-16(14)22-18/h1-6,9,21-22H,7-8,10-11H2,(H,23,24). The van der Waals surface area contributed by atoms with E-state index in [0.717, 1.165) is 39.7 Å². The summed E-state index contributed by atoms with van der Waals surface area (Å²) >= 11 is 0. The van der Waals surface area contributed by atoms with Gasteiger partial charge in [0.05, 0.1) is 5.69 Å². The van der Waals surface area contributed by atoms with Crippen LogP contribution in [0.15, 0.2) is 42.5 Å². The van der Waals surface area contributed by atoms with Crippen LogP contribution >= 0.6 is 0 Å². The fraction of sp³-hybridized carbons (Fsp3) is 0.250. The van der Waals surface area contributed by atoms with Crippen LogP contribution in [0, 0.1) is 0 Å². The molecule has 0 aliphatic carbocycles. The average Bonchev–Trinajstić information content (AvgIpc) is 3.26. The lowest BCUT2D eigenvalue weighted by Crippen LogP contribution is -2.54. The molecule has 2 aromatic carbocycles. The molecule has 3 heterocycles. The van der Waals surface area contributed by atoms with Crippen LogP contribution in [0.25, 0.3) is 10.9 Å². The molecule has 3 N–H and O–H groups in total. The van der Waals surface area contributed by atoms with E-state index in [1.807, 2.05) is 42.5 Å². The first-order valence-electron chi connectivity index (χ1n) is 8.67. The lowest BCUT2D eigenvalue weighted by Gasteiger charge is -2.35. The van der Waals surface area contributed by atoms with E-state index in [1.54, 1.807) is 0 Å². The summed E-state index contributed by atoms with van der Waals surface area (Å²) in [5, 5.41) is 14.6. The lowest BCUT2D eigenvalue weighted by molar-refractivity contribution is -0.194. The van der Waals surface area contributed by atoms with E-state index in [0.29, 0.717) is 25.3 Å². The maximum Gasteiger partial charge on any atom is 0.330 e. The largest absolute Gasteiger partial charge is 0.480 e.